The minimum atomic E-state index is 1.04. The van der Waals surface area contributed by atoms with Gasteiger partial charge in [0.05, 0.1) is 0 Å². The molecule has 1 aliphatic rings. The lowest BCUT2D eigenvalue weighted by atomic mass is 10.2. The Morgan fingerprint density at radius 3 is 2.88 bits per heavy atom. The number of pyridine rings is 1. The minimum absolute atomic E-state index is 1.04. The monoisotopic (exact) mass is 234 g/mol. The zero-order chi connectivity index (χ0) is 12.1. The molecule has 1 aliphatic heterocycles. The third-order valence-electron chi connectivity index (χ3n) is 3.30. The zero-order valence-corrected chi connectivity index (χ0v) is 10.8. The van der Waals surface area contributed by atoms with Crippen LogP contribution >= 0.6 is 0 Å². The van der Waals surface area contributed by atoms with Crippen LogP contribution in [0.1, 0.15) is 5.56 Å². The molecule has 0 aliphatic carbocycles. The lowest BCUT2D eigenvalue weighted by Crippen LogP contribution is -2.46. The molecule has 0 aromatic carbocycles. The SMILES string of the molecule is Cc1cccnc1N(C)CCN1CCNCC1. The summed E-state index contributed by atoms with van der Waals surface area (Å²) in [6.45, 7) is 8.83. The van der Waals surface area contributed by atoms with Crippen LogP contribution in [-0.2, 0) is 0 Å². The van der Waals surface area contributed by atoms with E-state index < -0.39 is 0 Å². The predicted molar refractivity (Wildman–Crippen MR) is 71.6 cm³/mol. The average molecular weight is 234 g/mol. The van der Waals surface area contributed by atoms with Crippen molar-refractivity contribution < 1.29 is 0 Å². The van der Waals surface area contributed by atoms with Crippen molar-refractivity contribution in [3.8, 4) is 0 Å². The van der Waals surface area contributed by atoms with E-state index in [9.17, 15) is 0 Å². The highest BCUT2D eigenvalue weighted by molar-refractivity contribution is 5.44. The van der Waals surface area contributed by atoms with Gasteiger partial charge in [-0.25, -0.2) is 4.98 Å². The molecule has 94 valence electrons. The van der Waals surface area contributed by atoms with E-state index >= 15 is 0 Å². The number of aromatic nitrogens is 1. The van der Waals surface area contributed by atoms with Crippen LogP contribution in [0.15, 0.2) is 18.3 Å². The van der Waals surface area contributed by atoms with Crippen LogP contribution in [0.25, 0.3) is 0 Å². The van der Waals surface area contributed by atoms with Crippen molar-refractivity contribution in [3.63, 3.8) is 0 Å². The molecular formula is C13H22N4. The van der Waals surface area contributed by atoms with Crippen LogP contribution in [-0.4, -0.2) is 56.2 Å². The quantitative estimate of drug-likeness (QED) is 0.832. The third-order valence-corrected chi connectivity index (χ3v) is 3.30. The molecule has 4 nitrogen and oxygen atoms in total. The van der Waals surface area contributed by atoms with Crippen molar-refractivity contribution in [2.24, 2.45) is 0 Å². The second kappa shape index (κ2) is 5.98. The second-order valence-electron chi connectivity index (χ2n) is 4.66. The molecule has 17 heavy (non-hydrogen) atoms. The number of piperazine rings is 1. The summed E-state index contributed by atoms with van der Waals surface area (Å²) in [5.41, 5.74) is 1.25. The maximum Gasteiger partial charge on any atom is 0.131 e. The first-order valence-electron chi connectivity index (χ1n) is 6.33. The van der Waals surface area contributed by atoms with Crippen molar-refractivity contribution >= 4 is 5.82 Å². The van der Waals surface area contributed by atoms with Gasteiger partial charge >= 0.3 is 0 Å². The second-order valence-corrected chi connectivity index (χ2v) is 4.66. The van der Waals surface area contributed by atoms with Crippen LogP contribution in [0.5, 0.6) is 0 Å². The maximum atomic E-state index is 4.44. The van der Waals surface area contributed by atoms with Crippen molar-refractivity contribution in [1.29, 1.82) is 0 Å². The molecule has 1 N–H and O–H groups in total. The molecule has 0 spiro atoms. The lowest BCUT2D eigenvalue weighted by Gasteiger charge is -2.29. The predicted octanol–water partition coefficient (Wildman–Crippen LogP) is 0.731. The Labute approximate surface area is 104 Å². The first-order chi connectivity index (χ1) is 8.27. The Kier molecular flexibility index (Phi) is 4.34. The number of nitrogens with one attached hydrogen (secondary N) is 1. The van der Waals surface area contributed by atoms with Gasteiger partial charge in [0.2, 0.25) is 0 Å². The van der Waals surface area contributed by atoms with Crippen LogP contribution in [0, 0.1) is 6.92 Å². The van der Waals surface area contributed by atoms with Gasteiger partial charge in [-0.3, -0.25) is 4.90 Å². The van der Waals surface area contributed by atoms with Crippen molar-refractivity contribution in [2.45, 2.75) is 6.92 Å². The van der Waals surface area contributed by atoms with E-state index in [1.807, 2.05) is 12.3 Å². The summed E-state index contributed by atoms with van der Waals surface area (Å²) in [6, 6.07) is 4.10. The van der Waals surface area contributed by atoms with Gasteiger partial charge in [-0.1, -0.05) is 6.07 Å². The Morgan fingerprint density at radius 1 is 1.41 bits per heavy atom. The molecule has 0 amide bonds. The lowest BCUT2D eigenvalue weighted by molar-refractivity contribution is 0.246. The Bertz CT molecular complexity index is 347. The zero-order valence-electron chi connectivity index (χ0n) is 10.8. The normalized spacial score (nSPS) is 17.1. The van der Waals surface area contributed by atoms with Crippen molar-refractivity contribution in [1.82, 2.24) is 15.2 Å². The smallest absolute Gasteiger partial charge is 0.131 e. The first kappa shape index (κ1) is 12.3. The molecule has 1 aromatic rings. The summed E-state index contributed by atoms with van der Waals surface area (Å²) in [6.07, 6.45) is 1.86. The summed E-state index contributed by atoms with van der Waals surface area (Å²) in [5, 5.41) is 3.38. The molecule has 1 aromatic heterocycles. The van der Waals surface area contributed by atoms with E-state index in [1.54, 1.807) is 0 Å². The third kappa shape index (κ3) is 3.41. The molecule has 0 radical (unpaired) electrons. The fourth-order valence-corrected chi connectivity index (χ4v) is 2.21. The Morgan fingerprint density at radius 2 is 2.18 bits per heavy atom. The molecule has 2 heterocycles. The van der Waals surface area contributed by atoms with E-state index in [-0.39, 0.29) is 0 Å². The molecule has 0 saturated carbocycles. The largest absolute Gasteiger partial charge is 0.358 e. The summed E-state index contributed by atoms with van der Waals surface area (Å²) in [7, 11) is 2.12. The molecule has 4 heteroatoms. The maximum absolute atomic E-state index is 4.44. The first-order valence-corrected chi connectivity index (χ1v) is 6.33. The summed E-state index contributed by atoms with van der Waals surface area (Å²) in [4.78, 5) is 9.19. The Hall–Kier alpha value is -1.13. The number of anilines is 1. The van der Waals surface area contributed by atoms with Crippen LogP contribution < -0.4 is 10.2 Å². The van der Waals surface area contributed by atoms with Crippen LogP contribution in [0.4, 0.5) is 5.82 Å². The van der Waals surface area contributed by atoms with E-state index in [0.29, 0.717) is 0 Å². The van der Waals surface area contributed by atoms with Gasteiger partial charge in [0, 0.05) is 52.5 Å². The number of nitrogens with zero attached hydrogens (tertiary/aromatic N) is 3. The summed E-state index contributed by atoms with van der Waals surface area (Å²) >= 11 is 0. The van der Waals surface area contributed by atoms with Gasteiger partial charge < -0.3 is 10.2 Å². The molecular weight excluding hydrogens is 212 g/mol. The van der Waals surface area contributed by atoms with Crippen molar-refractivity contribution in [3.05, 3.63) is 23.9 Å². The van der Waals surface area contributed by atoms with Gasteiger partial charge in [0.1, 0.15) is 5.82 Å². The fraction of sp³-hybridized carbons (Fsp3) is 0.615. The minimum Gasteiger partial charge on any atom is -0.358 e. The summed E-state index contributed by atoms with van der Waals surface area (Å²) < 4.78 is 0. The molecule has 0 atom stereocenters. The topological polar surface area (TPSA) is 31.4 Å². The number of rotatable bonds is 4. The number of aryl methyl sites for hydroxylation is 1. The summed E-state index contributed by atoms with van der Waals surface area (Å²) in [5.74, 6) is 1.10. The van der Waals surface area contributed by atoms with E-state index in [2.05, 4.69) is 40.1 Å². The fourth-order valence-electron chi connectivity index (χ4n) is 2.21. The van der Waals surface area contributed by atoms with E-state index in [1.165, 1.54) is 5.56 Å². The highest BCUT2D eigenvalue weighted by Crippen LogP contribution is 2.13. The van der Waals surface area contributed by atoms with Gasteiger partial charge in [-0.2, -0.15) is 0 Å². The van der Waals surface area contributed by atoms with Gasteiger partial charge in [-0.05, 0) is 18.6 Å². The van der Waals surface area contributed by atoms with E-state index in [0.717, 1.165) is 45.1 Å². The van der Waals surface area contributed by atoms with E-state index in [4.69, 9.17) is 0 Å². The molecule has 2 rings (SSSR count). The molecule has 0 unspecified atom stereocenters. The van der Waals surface area contributed by atoms with Crippen molar-refractivity contribution in [2.75, 3.05) is 51.2 Å². The molecule has 0 bridgehead atoms. The molecule has 1 saturated heterocycles. The number of hydrogen-bond acceptors (Lipinski definition) is 4. The van der Waals surface area contributed by atoms with Gasteiger partial charge in [0.25, 0.3) is 0 Å². The van der Waals surface area contributed by atoms with Crippen LogP contribution in [0.2, 0.25) is 0 Å². The number of hydrogen-bond donors (Lipinski definition) is 1. The van der Waals surface area contributed by atoms with Gasteiger partial charge in [-0.15, -0.1) is 0 Å². The van der Waals surface area contributed by atoms with Crippen LogP contribution in [0.3, 0.4) is 0 Å². The molecule has 1 fully saturated rings. The number of likely N-dealkylation sites (N-methyl/N-ethyl adjacent to an activating group) is 1. The highest BCUT2D eigenvalue weighted by Gasteiger charge is 2.11. The average Bonchev–Trinajstić information content (AvgIpc) is 2.38. The standard InChI is InChI=1S/C13H22N4/c1-12-4-3-5-15-13(12)16(2)10-11-17-8-6-14-7-9-17/h3-5,14H,6-11H2,1-2H3. The highest BCUT2D eigenvalue weighted by atomic mass is 15.2. The Balaban J connectivity index is 1.84. The van der Waals surface area contributed by atoms with Gasteiger partial charge in [0.15, 0.2) is 0 Å².